The van der Waals surface area contributed by atoms with Crippen LogP contribution in [0.3, 0.4) is 0 Å². The highest BCUT2D eigenvalue weighted by molar-refractivity contribution is 5.75. The van der Waals surface area contributed by atoms with Gasteiger partial charge in [0, 0.05) is 5.56 Å². The third-order valence-corrected chi connectivity index (χ3v) is 2.51. The molecule has 1 aromatic rings. The van der Waals surface area contributed by atoms with Gasteiger partial charge in [-0.15, -0.1) is 0 Å². The van der Waals surface area contributed by atoms with E-state index < -0.39 is 0 Å². The molecule has 0 bridgehead atoms. The average Bonchev–Trinajstić information content (AvgIpc) is 2.15. The zero-order valence-electron chi connectivity index (χ0n) is 9.00. The van der Waals surface area contributed by atoms with E-state index in [0.29, 0.717) is 6.61 Å². The Labute approximate surface area is 85.4 Å². The molecule has 14 heavy (non-hydrogen) atoms. The van der Waals surface area contributed by atoms with Crippen molar-refractivity contribution in [2.45, 2.75) is 20.8 Å². The van der Waals surface area contributed by atoms with Gasteiger partial charge in [-0.05, 0) is 23.1 Å². The van der Waals surface area contributed by atoms with Crippen molar-refractivity contribution in [2.24, 2.45) is 5.41 Å². The predicted octanol–water partition coefficient (Wildman–Crippen LogP) is 3.51. The Bertz CT molecular complexity index is 369. The molecule has 0 aromatic heterocycles. The largest absolute Gasteiger partial charge is 0.489 e. The van der Waals surface area contributed by atoms with Crippen molar-refractivity contribution in [3.8, 4) is 5.75 Å². The molecular formula is C13H16O. The fourth-order valence-corrected chi connectivity index (χ4v) is 1.85. The standard InChI is InChI=1S/C13H16O/c1-13(2,3)11-8-9-14-12-7-5-4-6-10(11)12/h4-8H,9H2,1-3H3. The molecule has 0 amide bonds. The zero-order valence-corrected chi connectivity index (χ0v) is 9.00. The summed E-state index contributed by atoms with van der Waals surface area (Å²) >= 11 is 0. The summed E-state index contributed by atoms with van der Waals surface area (Å²) in [6.07, 6.45) is 2.18. The van der Waals surface area contributed by atoms with Gasteiger partial charge in [-0.2, -0.15) is 0 Å². The molecule has 1 aliphatic rings. The molecule has 0 N–H and O–H groups in total. The Hall–Kier alpha value is -1.24. The zero-order chi connectivity index (χ0) is 10.2. The summed E-state index contributed by atoms with van der Waals surface area (Å²) in [6.45, 7) is 7.41. The van der Waals surface area contributed by atoms with Gasteiger partial charge >= 0.3 is 0 Å². The lowest BCUT2D eigenvalue weighted by Crippen LogP contribution is -2.14. The van der Waals surface area contributed by atoms with Crippen LogP contribution in [0.4, 0.5) is 0 Å². The van der Waals surface area contributed by atoms with Gasteiger partial charge in [-0.3, -0.25) is 0 Å². The van der Waals surface area contributed by atoms with Gasteiger partial charge in [-0.25, -0.2) is 0 Å². The fourth-order valence-electron chi connectivity index (χ4n) is 1.85. The Morgan fingerprint density at radius 3 is 2.57 bits per heavy atom. The molecule has 0 spiro atoms. The molecule has 74 valence electrons. The molecule has 0 saturated carbocycles. The van der Waals surface area contributed by atoms with Crippen molar-refractivity contribution >= 4 is 5.57 Å². The van der Waals surface area contributed by atoms with Crippen molar-refractivity contribution in [2.75, 3.05) is 6.61 Å². The molecule has 0 unspecified atom stereocenters. The van der Waals surface area contributed by atoms with E-state index >= 15 is 0 Å². The minimum atomic E-state index is 0.194. The molecule has 1 nitrogen and oxygen atoms in total. The van der Waals surface area contributed by atoms with Crippen molar-refractivity contribution in [1.82, 2.24) is 0 Å². The minimum Gasteiger partial charge on any atom is -0.489 e. The lowest BCUT2D eigenvalue weighted by Gasteiger charge is -2.28. The SMILES string of the molecule is CC(C)(C)C1=CCOc2ccccc21. The van der Waals surface area contributed by atoms with Crippen molar-refractivity contribution < 1.29 is 4.74 Å². The highest BCUT2D eigenvalue weighted by Crippen LogP contribution is 2.40. The van der Waals surface area contributed by atoms with E-state index in [1.165, 1.54) is 11.1 Å². The second-order valence-electron chi connectivity index (χ2n) is 4.67. The van der Waals surface area contributed by atoms with E-state index in [1.807, 2.05) is 12.1 Å². The normalized spacial score (nSPS) is 15.5. The number of hydrogen-bond donors (Lipinski definition) is 0. The van der Waals surface area contributed by atoms with Crippen molar-refractivity contribution in [1.29, 1.82) is 0 Å². The molecule has 2 rings (SSSR count). The number of ether oxygens (including phenoxy) is 1. The van der Waals surface area contributed by atoms with E-state index in [-0.39, 0.29) is 5.41 Å². The third kappa shape index (κ3) is 1.54. The molecule has 1 heteroatoms. The molecule has 1 aliphatic heterocycles. The first-order valence-electron chi connectivity index (χ1n) is 5.02. The summed E-state index contributed by atoms with van der Waals surface area (Å²) in [6, 6.07) is 8.25. The van der Waals surface area contributed by atoms with Gasteiger partial charge < -0.3 is 4.74 Å². The number of allylic oxidation sites excluding steroid dienone is 1. The van der Waals surface area contributed by atoms with Gasteiger partial charge in [0.05, 0.1) is 0 Å². The Balaban J connectivity index is 2.51. The van der Waals surface area contributed by atoms with E-state index in [0.717, 1.165) is 5.75 Å². The van der Waals surface area contributed by atoms with Crippen LogP contribution in [0.5, 0.6) is 5.75 Å². The third-order valence-electron chi connectivity index (χ3n) is 2.51. The molecule has 1 aromatic carbocycles. The van der Waals surface area contributed by atoms with Crippen molar-refractivity contribution in [3.63, 3.8) is 0 Å². The number of rotatable bonds is 0. The lowest BCUT2D eigenvalue weighted by atomic mass is 9.81. The van der Waals surface area contributed by atoms with E-state index in [9.17, 15) is 0 Å². The van der Waals surface area contributed by atoms with Crippen LogP contribution in [0, 0.1) is 5.41 Å². The van der Waals surface area contributed by atoms with Gasteiger partial charge in [0.2, 0.25) is 0 Å². The highest BCUT2D eigenvalue weighted by atomic mass is 16.5. The van der Waals surface area contributed by atoms with E-state index in [4.69, 9.17) is 4.74 Å². The summed E-state index contributed by atoms with van der Waals surface area (Å²) in [4.78, 5) is 0. The van der Waals surface area contributed by atoms with Gasteiger partial charge in [-0.1, -0.05) is 39.0 Å². The maximum atomic E-state index is 5.57. The van der Waals surface area contributed by atoms with Gasteiger partial charge in [0.15, 0.2) is 0 Å². The number of benzene rings is 1. The molecule has 0 radical (unpaired) electrons. The predicted molar refractivity (Wildman–Crippen MR) is 59.4 cm³/mol. The Morgan fingerprint density at radius 1 is 1.14 bits per heavy atom. The monoisotopic (exact) mass is 188 g/mol. The number of fused-ring (bicyclic) bond motifs is 1. The quantitative estimate of drug-likeness (QED) is 0.605. The lowest BCUT2D eigenvalue weighted by molar-refractivity contribution is 0.352. The van der Waals surface area contributed by atoms with E-state index in [2.05, 4.69) is 39.0 Å². The van der Waals surface area contributed by atoms with Crippen LogP contribution in [-0.4, -0.2) is 6.61 Å². The minimum absolute atomic E-state index is 0.194. The number of hydrogen-bond acceptors (Lipinski definition) is 1. The summed E-state index contributed by atoms with van der Waals surface area (Å²) < 4.78 is 5.57. The second-order valence-corrected chi connectivity index (χ2v) is 4.67. The highest BCUT2D eigenvalue weighted by Gasteiger charge is 2.23. The Morgan fingerprint density at radius 2 is 1.86 bits per heavy atom. The molecule has 0 aliphatic carbocycles. The summed E-state index contributed by atoms with van der Waals surface area (Å²) in [5.41, 5.74) is 2.82. The van der Waals surface area contributed by atoms with Gasteiger partial charge in [0.1, 0.15) is 12.4 Å². The molecule has 1 heterocycles. The van der Waals surface area contributed by atoms with Crippen LogP contribution in [0.2, 0.25) is 0 Å². The maximum absolute atomic E-state index is 5.57. The fraction of sp³-hybridized carbons (Fsp3) is 0.385. The summed E-state index contributed by atoms with van der Waals surface area (Å²) in [7, 11) is 0. The van der Waals surface area contributed by atoms with Crippen LogP contribution >= 0.6 is 0 Å². The second kappa shape index (κ2) is 3.16. The van der Waals surface area contributed by atoms with Crippen LogP contribution in [0.25, 0.3) is 5.57 Å². The number of para-hydroxylation sites is 1. The molecular weight excluding hydrogens is 172 g/mol. The van der Waals surface area contributed by atoms with Crippen molar-refractivity contribution in [3.05, 3.63) is 35.9 Å². The average molecular weight is 188 g/mol. The first-order chi connectivity index (χ1) is 6.59. The summed E-state index contributed by atoms with van der Waals surface area (Å²) in [5.74, 6) is 1.01. The molecule has 0 fully saturated rings. The van der Waals surface area contributed by atoms with Crippen LogP contribution in [-0.2, 0) is 0 Å². The molecule has 0 atom stereocenters. The first kappa shape index (κ1) is 9.32. The Kier molecular flexibility index (Phi) is 2.10. The van der Waals surface area contributed by atoms with Crippen LogP contribution < -0.4 is 4.74 Å². The maximum Gasteiger partial charge on any atom is 0.127 e. The topological polar surface area (TPSA) is 9.23 Å². The van der Waals surface area contributed by atoms with Crippen LogP contribution in [0.1, 0.15) is 26.3 Å². The summed E-state index contributed by atoms with van der Waals surface area (Å²) in [5, 5.41) is 0. The van der Waals surface area contributed by atoms with E-state index in [1.54, 1.807) is 0 Å². The smallest absolute Gasteiger partial charge is 0.127 e. The molecule has 0 saturated heterocycles. The van der Waals surface area contributed by atoms with Gasteiger partial charge in [0.25, 0.3) is 0 Å². The van der Waals surface area contributed by atoms with Crippen LogP contribution in [0.15, 0.2) is 30.3 Å². The first-order valence-corrected chi connectivity index (χ1v) is 5.02.